The van der Waals surface area contributed by atoms with Gasteiger partial charge in [-0.05, 0) is 60.2 Å². The van der Waals surface area contributed by atoms with Crippen molar-refractivity contribution in [2.75, 3.05) is 11.9 Å². The number of carbonyl (C=O) groups excluding carboxylic acids is 1. The van der Waals surface area contributed by atoms with Crippen molar-refractivity contribution in [3.05, 3.63) is 53.6 Å². The normalized spacial score (nSPS) is 18.5. The molecule has 2 aliphatic rings. The molecule has 1 fully saturated rings. The van der Waals surface area contributed by atoms with Gasteiger partial charge in [0.15, 0.2) is 0 Å². The number of anilines is 1. The second-order valence-electron chi connectivity index (χ2n) is 6.20. The third-order valence-electron chi connectivity index (χ3n) is 4.69. The summed E-state index contributed by atoms with van der Waals surface area (Å²) in [6.07, 6.45) is 4.19. The number of rotatable bonds is 2. The van der Waals surface area contributed by atoms with Gasteiger partial charge in [0, 0.05) is 5.69 Å². The minimum absolute atomic E-state index is 0. The first kappa shape index (κ1) is 16.0. The Morgan fingerprint density at radius 2 is 1.87 bits per heavy atom. The maximum atomic E-state index is 12.3. The van der Waals surface area contributed by atoms with E-state index in [2.05, 4.69) is 47.0 Å². The topological polar surface area (TPSA) is 41.1 Å². The van der Waals surface area contributed by atoms with Gasteiger partial charge < -0.3 is 10.6 Å². The van der Waals surface area contributed by atoms with Gasteiger partial charge in [-0.3, -0.25) is 4.79 Å². The van der Waals surface area contributed by atoms with Crippen molar-refractivity contribution >= 4 is 24.0 Å². The molecule has 0 spiro atoms. The lowest BCUT2D eigenvalue weighted by Crippen LogP contribution is -2.43. The first-order chi connectivity index (χ1) is 10.8. The van der Waals surface area contributed by atoms with E-state index in [1.165, 1.54) is 28.7 Å². The van der Waals surface area contributed by atoms with E-state index < -0.39 is 0 Å². The molecule has 0 saturated carbocycles. The molecule has 2 aromatic rings. The highest BCUT2D eigenvalue weighted by Gasteiger charge is 2.22. The number of fused-ring (bicyclic) bond motifs is 3. The molecule has 0 radical (unpaired) electrons. The molecule has 1 atom stereocenters. The van der Waals surface area contributed by atoms with Crippen molar-refractivity contribution in [1.29, 1.82) is 0 Å². The molecule has 1 amide bonds. The van der Waals surface area contributed by atoms with Crippen LogP contribution in [0.15, 0.2) is 42.5 Å². The second-order valence-corrected chi connectivity index (χ2v) is 6.20. The fourth-order valence-corrected chi connectivity index (χ4v) is 3.53. The van der Waals surface area contributed by atoms with Crippen LogP contribution in [0.3, 0.4) is 0 Å². The van der Waals surface area contributed by atoms with Gasteiger partial charge in [0.1, 0.15) is 0 Å². The zero-order valence-corrected chi connectivity index (χ0v) is 13.8. The SMILES string of the molecule is Cl.O=C(Nc1ccc2c(c1)Cc1ccccc1-2)[C@H]1CCCCN1. The largest absolute Gasteiger partial charge is 0.325 e. The van der Waals surface area contributed by atoms with Crippen LogP contribution in [-0.4, -0.2) is 18.5 Å². The summed E-state index contributed by atoms with van der Waals surface area (Å²) in [7, 11) is 0. The fraction of sp³-hybridized carbons (Fsp3) is 0.316. The zero-order valence-electron chi connectivity index (χ0n) is 13.0. The van der Waals surface area contributed by atoms with E-state index in [1.807, 2.05) is 6.07 Å². The molecule has 2 aromatic carbocycles. The number of nitrogens with one attached hydrogen (secondary N) is 2. The lowest BCUT2D eigenvalue weighted by atomic mass is 10.0. The fourth-order valence-electron chi connectivity index (χ4n) is 3.53. The first-order valence-corrected chi connectivity index (χ1v) is 8.07. The van der Waals surface area contributed by atoms with Gasteiger partial charge in [-0.1, -0.05) is 36.8 Å². The standard InChI is InChI=1S/C19H20N2O.ClH/c22-19(18-7-3-4-10-20-18)21-15-8-9-17-14(12-15)11-13-5-1-2-6-16(13)17;/h1-2,5-6,8-9,12,18,20H,3-4,7,10-11H2,(H,21,22);1H/t18-;/m1./s1. The number of halogens is 1. The predicted octanol–water partition coefficient (Wildman–Crippen LogP) is 3.76. The van der Waals surface area contributed by atoms with Gasteiger partial charge in [-0.25, -0.2) is 0 Å². The molecule has 4 heteroatoms. The average molecular weight is 329 g/mol. The molecule has 120 valence electrons. The molecule has 3 nitrogen and oxygen atoms in total. The van der Waals surface area contributed by atoms with Crippen LogP contribution in [0.2, 0.25) is 0 Å². The minimum Gasteiger partial charge on any atom is -0.325 e. The molecular weight excluding hydrogens is 308 g/mol. The van der Waals surface area contributed by atoms with Gasteiger partial charge >= 0.3 is 0 Å². The van der Waals surface area contributed by atoms with Gasteiger partial charge in [0.25, 0.3) is 0 Å². The van der Waals surface area contributed by atoms with Crippen molar-refractivity contribution in [3.63, 3.8) is 0 Å². The van der Waals surface area contributed by atoms with E-state index in [0.717, 1.165) is 31.5 Å². The molecule has 0 unspecified atom stereocenters. The molecule has 1 saturated heterocycles. The number of carbonyl (C=O) groups is 1. The van der Waals surface area contributed by atoms with Gasteiger partial charge in [-0.15, -0.1) is 12.4 Å². The van der Waals surface area contributed by atoms with E-state index in [4.69, 9.17) is 0 Å². The summed E-state index contributed by atoms with van der Waals surface area (Å²) < 4.78 is 0. The van der Waals surface area contributed by atoms with Crippen LogP contribution in [0, 0.1) is 0 Å². The Morgan fingerprint density at radius 1 is 1.04 bits per heavy atom. The summed E-state index contributed by atoms with van der Waals surface area (Å²) in [6, 6.07) is 14.7. The zero-order chi connectivity index (χ0) is 14.9. The molecular formula is C19H21ClN2O. The van der Waals surface area contributed by atoms with Crippen LogP contribution in [0.25, 0.3) is 11.1 Å². The summed E-state index contributed by atoms with van der Waals surface area (Å²) in [5.74, 6) is 0.0927. The maximum absolute atomic E-state index is 12.3. The van der Waals surface area contributed by atoms with Crippen LogP contribution in [0.5, 0.6) is 0 Å². The van der Waals surface area contributed by atoms with Gasteiger partial charge in [0.05, 0.1) is 6.04 Å². The summed E-state index contributed by atoms with van der Waals surface area (Å²) in [5.41, 5.74) is 6.20. The Morgan fingerprint density at radius 3 is 2.70 bits per heavy atom. The van der Waals surface area contributed by atoms with Crippen molar-refractivity contribution in [2.45, 2.75) is 31.7 Å². The van der Waals surface area contributed by atoms with Crippen molar-refractivity contribution in [2.24, 2.45) is 0 Å². The van der Waals surface area contributed by atoms with Crippen molar-refractivity contribution < 1.29 is 4.79 Å². The third-order valence-corrected chi connectivity index (χ3v) is 4.69. The second kappa shape index (κ2) is 6.73. The van der Waals surface area contributed by atoms with E-state index in [-0.39, 0.29) is 24.4 Å². The number of hydrogen-bond donors (Lipinski definition) is 2. The number of amides is 1. The van der Waals surface area contributed by atoms with Crippen LogP contribution in [0.4, 0.5) is 5.69 Å². The summed E-state index contributed by atoms with van der Waals surface area (Å²) >= 11 is 0. The van der Waals surface area contributed by atoms with E-state index in [0.29, 0.717) is 0 Å². The first-order valence-electron chi connectivity index (χ1n) is 8.07. The molecule has 1 heterocycles. The maximum Gasteiger partial charge on any atom is 0.241 e. The van der Waals surface area contributed by atoms with Crippen LogP contribution in [0.1, 0.15) is 30.4 Å². The quantitative estimate of drug-likeness (QED) is 0.752. The summed E-state index contributed by atoms with van der Waals surface area (Å²) in [4.78, 5) is 12.3. The molecule has 23 heavy (non-hydrogen) atoms. The van der Waals surface area contributed by atoms with E-state index >= 15 is 0 Å². The van der Waals surface area contributed by atoms with Gasteiger partial charge in [0.2, 0.25) is 5.91 Å². The Labute approximate surface area is 142 Å². The Bertz CT molecular complexity index is 723. The highest BCUT2D eigenvalue weighted by atomic mass is 35.5. The highest BCUT2D eigenvalue weighted by Crippen LogP contribution is 2.37. The Balaban J connectivity index is 0.00000156. The molecule has 2 N–H and O–H groups in total. The lowest BCUT2D eigenvalue weighted by Gasteiger charge is -2.22. The molecule has 0 bridgehead atoms. The Kier molecular flexibility index (Phi) is 4.69. The highest BCUT2D eigenvalue weighted by molar-refractivity contribution is 5.95. The smallest absolute Gasteiger partial charge is 0.241 e. The van der Waals surface area contributed by atoms with E-state index in [9.17, 15) is 4.79 Å². The Hall–Kier alpha value is -1.84. The molecule has 1 aliphatic heterocycles. The molecule has 1 aliphatic carbocycles. The van der Waals surface area contributed by atoms with Gasteiger partial charge in [-0.2, -0.15) is 0 Å². The average Bonchev–Trinajstić information content (AvgIpc) is 2.93. The van der Waals surface area contributed by atoms with Crippen LogP contribution < -0.4 is 10.6 Å². The third kappa shape index (κ3) is 3.12. The summed E-state index contributed by atoms with van der Waals surface area (Å²) in [5, 5.41) is 6.36. The van der Waals surface area contributed by atoms with E-state index in [1.54, 1.807) is 0 Å². The van der Waals surface area contributed by atoms with Crippen molar-refractivity contribution in [3.8, 4) is 11.1 Å². The predicted molar refractivity (Wildman–Crippen MR) is 96.2 cm³/mol. The van der Waals surface area contributed by atoms with Crippen molar-refractivity contribution in [1.82, 2.24) is 5.32 Å². The number of hydrogen-bond acceptors (Lipinski definition) is 2. The number of benzene rings is 2. The molecule has 0 aromatic heterocycles. The lowest BCUT2D eigenvalue weighted by molar-refractivity contribution is -0.118. The number of piperidine rings is 1. The minimum atomic E-state index is -0.0424. The monoisotopic (exact) mass is 328 g/mol. The van der Waals surface area contributed by atoms with Crippen LogP contribution in [-0.2, 0) is 11.2 Å². The summed E-state index contributed by atoms with van der Waals surface area (Å²) in [6.45, 7) is 0.942. The molecule has 4 rings (SSSR count). The van der Waals surface area contributed by atoms with Crippen LogP contribution >= 0.6 is 12.4 Å².